The van der Waals surface area contributed by atoms with Gasteiger partial charge in [0.15, 0.2) is 11.6 Å². The number of aliphatic hydroxyl groups is 1. The van der Waals surface area contributed by atoms with Gasteiger partial charge in [0.1, 0.15) is 10.7 Å². The summed E-state index contributed by atoms with van der Waals surface area (Å²) >= 11 is 0. The van der Waals surface area contributed by atoms with Crippen LogP contribution in [0.3, 0.4) is 0 Å². The standard InChI is InChI=1S/C19H19F3N2O4S/c20-15-7-5-13(10-17(15)22)23-19(26)12-4-6-16(21)18(9-12)29(27,28)24-8-2-1-3-14(25)11-24/h4-7,9-10,14,25H,1-3,8,11H2,(H,23,26). The van der Waals surface area contributed by atoms with Crippen molar-refractivity contribution in [1.82, 2.24) is 4.31 Å². The summed E-state index contributed by atoms with van der Waals surface area (Å²) in [4.78, 5) is 11.7. The lowest BCUT2D eigenvalue weighted by Gasteiger charge is -2.22. The van der Waals surface area contributed by atoms with Crippen molar-refractivity contribution in [1.29, 1.82) is 0 Å². The molecular weight excluding hydrogens is 409 g/mol. The number of amides is 1. The monoisotopic (exact) mass is 428 g/mol. The van der Waals surface area contributed by atoms with Crippen molar-refractivity contribution in [2.75, 3.05) is 18.4 Å². The molecule has 1 unspecified atom stereocenters. The first-order valence-corrected chi connectivity index (χ1v) is 10.4. The van der Waals surface area contributed by atoms with Gasteiger partial charge >= 0.3 is 0 Å². The Bertz CT molecular complexity index is 1030. The fraction of sp³-hybridized carbons (Fsp3) is 0.316. The summed E-state index contributed by atoms with van der Waals surface area (Å²) in [6.45, 7) is -0.0306. The van der Waals surface area contributed by atoms with Crippen molar-refractivity contribution in [3.05, 3.63) is 59.4 Å². The van der Waals surface area contributed by atoms with Crippen LogP contribution in [0.15, 0.2) is 41.3 Å². The minimum Gasteiger partial charge on any atom is -0.392 e. The molecule has 0 radical (unpaired) electrons. The molecule has 1 fully saturated rings. The minimum absolute atomic E-state index is 0.0433. The lowest BCUT2D eigenvalue weighted by Crippen LogP contribution is -2.36. The molecule has 0 spiro atoms. The Balaban J connectivity index is 1.88. The highest BCUT2D eigenvalue weighted by molar-refractivity contribution is 7.89. The number of halogens is 3. The molecule has 1 aliphatic heterocycles. The molecule has 10 heteroatoms. The number of nitrogens with zero attached hydrogens (tertiary/aromatic N) is 1. The maximum atomic E-state index is 14.3. The highest BCUT2D eigenvalue weighted by Crippen LogP contribution is 2.24. The highest BCUT2D eigenvalue weighted by atomic mass is 32.2. The molecule has 0 saturated carbocycles. The second kappa shape index (κ2) is 8.52. The maximum Gasteiger partial charge on any atom is 0.255 e. The zero-order valence-corrected chi connectivity index (χ0v) is 16.1. The van der Waals surface area contributed by atoms with Crippen LogP contribution in [0.4, 0.5) is 18.9 Å². The molecule has 1 heterocycles. The van der Waals surface area contributed by atoms with Crippen molar-refractivity contribution in [2.45, 2.75) is 30.3 Å². The van der Waals surface area contributed by atoms with E-state index in [1.807, 2.05) is 0 Å². The number of β-amino-alcohol motifs (C(OH)–C–C–N with tert-alkyl or cyclic N) is 1. The summed E-state index contributed by atoms with van der Waals surface area (Å²) in [7, 11) is -4.28. The molecule has 1 amide bonds. The molecular formula is C19H19F3N2O4S. The second-order valence-electron chi connectivity index (χ2n) is 6.74. The largest absolute Gasteiger partial charge is 0.392 e. The van der Waals surface area contributed by atoms with Crippen molar-refractivity contribution in [2.24, 2.45) is 0 Å². The van der Waals surface area contributed by atoms with Crippen LogP contribution < -0.4 is 5.32 Å². The van der Waals surface area contributed by atoms with E-state index in [2.05, 4.69) is 5.32 Å². The summed E-state index contributed by atoms with van der Waals surface area (Å²) < 4.78 is 67.4. The van der Waals surface area contributed by atoms with E-state index < -0.39 is 44.4 Å². The molecule has 2 N–H and O–H groups in total. The van der Waals surface area contributed by atoms with Crippen LogP contribution in [0.2, 0.25) is 0 Å². The first-order valence-electron chi connectivity index (χ1n) is 8.92. The number of aliphatic hydroxyl groups excluding tert-OH is 1. The normalized spacial score (nSPS) is 18.3. The Hall–Kier alpha value is -2.43. The number of hydrogen-bond acceptors (Lipinski definition) is 4. The number of benzene rings is 2. The van der Waals surface area contributed by atoms with E-state index in [1.165, 1.54) is 0 Å². The van der Waals surface area contributed by atoms with Crippen LogP contribution >= 0.6 is 0 Å². The smallest absolute Gasteiger partial charge is 0.255 e. The molecule has 1 aliphatic rings. The van der Waals surface area contributed by atoms with Gasteiger partial charge in [-0.15, -0.1) is 0 Å². The van der Waals surface area contributed by atoms with Gasteiger partial charge in [-0.1, -0.05) is 0 Å². The average molecular weight is 428 g/mol. The number of sulfonamides is 1. The molecule has 2 aromatic carbocycles. The summed E-state index contributed by atoms with van der Waals surface area (Å²) in [5.41, 5.74) is -0.219. The van der Waals surface area contributed by atoms with Gasteiger partial charge in [0.25, 0.3) is 5.91 Å². The number of hydrogen-bond donors (Lipinski definition) is 2. The lowest BCUT2D eigenvalue weighted by atomic mass is 10.2. The Kier molecular flexibility index (Phi) is 6.25. The number of nitrogens with one attached hydrogen (secondary N) is 1. The van der Waals surface area contributed by atoms with Crippen LogP contribution in [0.25, 0.3) is 0 Å². The summed E-state index contributed by atoms with van der Waals surface area (Å²) in [6, 6.07) is 5.55. The highest BCUT2D eigenvalue weighted by Gasteiger charge is 2.31. The third kappa shape index (κ3) is 4.77. The van der Waals surface area contributed by atoms with E-state index in [9.17, 15) is 31.5 Å². The van der Waals surface area contributed by atoms with Gasteiger partial charge in [-0.3, -0.25) is 4.79 Å². The quantitative estimate of drug-likeness (QED) is 0.784. The van der Waals surface area contributed by atoms with Crippen LogP contribution in [0, 0.1) is 17.5 Å². The third-order valence-electron chi connectivity index (χ3n) is 4.60. The molecule has 2 aromatic rings. The summed E-state index contributed by atoms with van der Waals surface area (Å²) in [5, 5.41) is 12.2. The summed E-state index contributed by atoms with van der Waals surface area (Å²) in [6.07, 6.45) is 0.765. The fourth-order valence-electron chi connectivity index (χ4n) is 3.06. The molecule has 1 atom stereocenters. The number of carbonyl (C=O) groups excluding carboxylic acids is 1. The van der Waals surface area contributed by atoms with E-state index in [0.29, 0.717) is 19.3 Å². The van der Waals surface area contributed by atoms with Gasteiger partial charge in [0, 0.05) is 30.4 Å². The van der Waals surface area contributed by atoms with E-state index in [-0.39, 0.29) is 24.3 Å². The zero-order chi connectivity index (χ0) is 21.2. The number of rotatable bonds is 4. The van der Waals surface area contributed by atoms with Gasteiger partial charge in [-0.05, 0) is 49.6 Å². The van der Waals surface area contributed by atoms with Crippen molar-refractivity contribution in [3.63, 3.8) is 0 Å². The van der Waals surface area contributed by atoms with Crippen molar-refractivity contribution in [3.8, 4) is 0 Å². The van der Waals surface area contributed by atoms with Gasteiger partial charge < -0.3 is 10.4 Å². The van der Waals surface area contributed by atoms with E-state index in [4.69, 9.17) is 0 Å². The first kappa shape index (κ1) is 21.3. The van der Waals surface area contributed by atoms with Crippen molar-refractivity contribution < 1.29 is 31.5 Å². The SMILES string of the molecule is O=C(Nc1ccc(F)c(F)c1)c1ccc(F)c(S(=O)(=O)N2CCCCC(O)C2)c1. The Morgan fingerprint density at radius 1 is 1.03 bits per heavy atom. The molecule has 3 rings (SSSR count). The number of anilines is 1. The van der Waals surface area contributed by atoms with Crippen LogP contribution in [-0.2, 0) is 10.0 Å². The first-order chi connectivity index (χ1) is 13.7. The van der Waals surface area contributed by atoms with Gasteiger partial charge in [0.05, 0.1) is 6.10 Å². The molecule has 0 bridgehead atoms. The Morgan fingerprint density at radius 3 is 2.48 bits per heavy atom. The second-order valence-corrected chi connectivity index (χ2v) is 8.65. The average Bonchev–Trinajstić information content (AvgIpc) is 2.90. The van der Waals surface area contributed by atoms with Crippen LogP contribution in [0.5, 0.6) is 0 Å². The predicted octanol–water partition coefficient (Wildman–Crippen LogP) is 2.89. The third-order valence-corrected chi connectivity index (χ3v) is 6.48. The fourth-order valence-corrected chi connectivity index (χ4v) is 4.67. The molecule has 29 heavy (non-hydrogen) atoms. The molecule has 6 nitrogen and oxygen atoms in total. The van der Waals surface area contributed by atoms with E-state index in [0.717, 1.165) is 40.7 Å². The molecule has 1 saturated heterocycles. The molecule has 0 aromatic heterocycles. The van der Waals surface area contributed by atoms with Crippen LogP contribution in [-0.4, -0.2) is 42.9 Å². The number of carbonyl (C=O) groups is 1. The Morgan fingerprint density at radius 2 is 1.76 bits per heavy atom. The topological polar surface area (TPSA) is 86.7 Å². The predicted molar refractivity (Wildman–Crippen MR) is 99.3 cm³/mol. The van der Waals surface area contributed by atoms with Gasteiger partial charge in [0.2, 0.25) is 10.0 Å². The van der Waals surface area contributed by atoms with Crippen LogP contribution in [0.1, 0.15) is 29.6 Å². The molecule has 156 valence electrons. The van der Waals surface area contributed by atoms with E-state index >= 15 is 0 Å². The van der Waals surface area contributed by atoms with Gasteiger partial charge in [-0.2, -0.15) is 4.31 Å². The van der Waals surface area contributed by atoms with E-state index in [1.54, 1.807) is 0 Å². The Labute approximate surface area is 166 Å². The lowest BCUT2D eigenvalue weighted by molar-refractivity contribution is 0.102. The zero-order valence-electron chi connectivity index (χ0n) is 15.2. The minimum atomic E-state index is -4.28. The van der Waals surface area contributed by atoms with Gasteiger partial charge in [-0.25, -0.2) is 21.6 Å². The molecule has 0 aliphatic carbocycles. The summed E-state index contributed by atoms with van der Waals surface area (Å²) in [5.74, 6) is -4.10. The maximum absolute atomic E-state index is 14.3. The van der Waals surface area contributed by atoms with Crippen molar-refractivity contribution >= 4 is 21.6 Å².